The summed E-state index contributed by atoms with van der Waals surface area (Å²) < 4.78 is 34.9. The Bertz CT molecular complexity index is 717. The lowest BCUT2D eigenvalue weighted by molar-refractivity contribution is 0.235. The van der Waals surface area contributed by atoms with Crippen molar-refractivity contribution in [2.45, 2.75) is 51.8 Å². The van der Waals surface area contributed by atoms with E-state index >= 15 is 0 Å². The summed E-state index contributed by atoms with van der Waals surface area (Å²) in [5, 5.41) is 7.74. The summed E-state index contributed by atoms with van der Waals surface area (Å²) in [6.45, 7) is 2.77. The van der Waals surface area contributed by atoms with Crippen LogP contribution in [0.15, 0.2) is 24.3 Å². The third kappa shape index (κ3) is 4.74. The van der Waals surface area contributed by atoms with E-state index < -0.39 is 11.6 Å². The van der Waals surface area contributed by atoms with Crippen molar-refractivity contribution in [3.05, 3.63) is 47.2 Å². The molecule has 2 aromatic rings. The second-order valence-electron chi connectivity index (χ2n) is 6.76. The lowest BCUT2D eigenvalue weighted by atomic mass is 10.0. The molecule has 1 atom stereocenters. The molecule has 0 aliphatic heterocycles. The van der Waals surface area contributed by atoms with Crippen molar-refractivity contribution < 1.29 is 13.5 Å². The fourth-order valence-corrected chi connectivity index (χ4v) is 3.54. The Hall–Kier alpha value is -1.66. The molecule has 1 unspecified atom stereocenters. The summed E-state index contributed by atoms with van der Waals surface area (Å²) in [6.07, 6.45) is 4.90. The van der Waals surface area contributed by atoms with Crippen LogP contribution in [0.25, 0.3) is 0 Å². The maximum atomic E-state index is 13.8. The van der Waals surface area contributed by atoms with E-state index in [4.69, 9.17) is 4.74 Å². The van der Waals surface area contributed by atoms with E-state index in [-0.39, 0.29) is 30.6 Å². The van der Waals surface area contributed by atoms with Crippen molar-refractivity contribution in [3.63, 3.8) is 0 Å². The Labute approximate surface area is 159 Å². The summed E-state index contributed by atoms with van der Waals surface area (Å²) in [6, 6.07) is 5.50. The molecule has 1 aliphatic rings. The third-order valence-corrected chi connectivity index (χ3v) is 4.96. The van der Waals surface area contributed by atoms with Crippen LogP contribution < -0.4 is 10.1 Å². The monoisotopic (exact) mass is 385 g/mol. The summed E-state index contributed by atoms with van der Waals surface area (Å²) in [5.41, 5.74) is 1.08. The van der Waals surface area contributed by atoms with E-state index in [1.165, 1.54) is 31.7 Å². The number of benzene rings is 1. The SMILES string of the molecule is CNCc1cc(OCc2cc(F)ccc2F)n(C(C)C2CCCC2)n1.Cl. The zero-order chi connectivity index (χ0) is 17.8. The summed E-state index contributed by atoms with van der Waals surface area (Å²) in [5.74, 6) is 0.249. The Balaban J connectivity index is 0.00000243. The number of halogens is 3. The van der Waals surface area contributed by atoms with Gasteiger partial charge >= 0.3 is 0 Å². The summed E-state index contributed by atoms with van der Waals surface area (Å²) >= 11 is 0. The Morgan fingerprint density at radius 3 is 2.69 bits per heavy atom. The van der Waals surface area contributed by atoms with Gasteiger partial charge in [0.1, 0.15) is 18.2 Å². The molecule has 144 valence electrons. The second kappa shape index (κ2) is 9.33. The van der Waals surface area contributed by atoms with Gasteiger partial charge in [-0.25, -0.2) is 13.5 Å². The normalized spacial score (nSPS) is 15.7. The number of ether oxygens (including phenoxy) is 1. The van der Waals surface area contributed by atoms with Crippen LogP contribution in [0.1, 0.15) is 49.9 Å². The first kappa shape index (κ1) is 20.6. The average molecular weight is 386 g/mol. The number of rotatable bonds is 7. The highest BCUT2D eigenvalue weighted by Crippen LogP contribution is 2.36. The van der Waals surface area contributed by atoms with Gasteiger partial charge in [-0.2, -0.15) is 5.10 Å². The number of nitrogens with zero attached hydrogens (tertiary/aromatic N) is 2. The smallest absolute Gasteiger partial charge is 0.212 e. The van der Waals surface area contributed by atoms with Crippen LogP contribution in [0.3, 0.4) is 0 Å². The van der Waals surface area contributed by atoms with Crippen molar-refractivity contribution in [2.75, 3.05) is 7.05 Å². The topological polar surface area (TPSA) is 39.1 Å². The molecule has 0 radical (unpaired) electrons. The van der Waals surface area contributed by atoms with E-state index in [9.17, 15) is 8.78 Å². The summed E-state index contributed by atoms with van der Waals surface area (Å²) in [7, 11) is 1.86. The Kier molecular flexibility index (Phi) is 7.41. The van der Waals surface area contributed by atoms with E-state index in [2.05, 4.69) is 17.3 Å². The molecule has 0 bridgehead atoms. The van der Waals surface area contributed by atoms with Gasteiger partial charge in [0.15, 0.2) is 0 Å². The minimum absolute atomic E-state index is 0. The molecule has 26 heavy (non-hydrogen) atoms. The lowest BCUT2D eigenvalue weighted by Crippen LogP contribution is -2.17. The molecule has 1 heterocycles. The third-order valence-electron chi connectivity index (χ3n) is 4.96. The Morgan fingerprint density at radius 2 is 2.00 bits per heavy atom. The predicted molar refractivity (Wildman–Crippen MR) is 99.6 cm³/mol. The molecule has 1 aromatic carbocycles. The quantitative estimate of drug-likeness (QED) is 0.755. The van der Waals surface area contributed by atoms with E-state index in [0.717, 1.165) is 17.8 Å². The van der Waals surface area contributed by atoms with Gasteiger partial charge < -0.3 is 10.1 Å². The molecule has 3 rings (SSSR count). The van der Waals surface area contributed by atoms with Gasteiger partial charge in [-0.3, -0.25) is 0 Å². The van der Waals surface area contributed by atoms with Crippen molar-refractivity contribution in [2.24, 2.45) is 5.92 Å². The molecule has 1 aliphatic carbocycles. The van der Waals surface area contributed by atoms with Gasteiger partial charge in [0.05, 0.1) is 11.7 Å². The molecular weight excluding hydrogens is 360 g/mol. The highest BCUT2D eigenvalue weighted by molar-refractivity contribution is 5.85. The first-order valence-corrected chi connectivity index (χ1v) is 8.88. The van der Waals surface area contributed by atoms with Crippen LogP contribution in [-0.4, -0.2) is 16.8 Å². The molecule has 1 fully saturated rings. The fraction of sp³-hybridized carbons (Fsp3) is 0.526. The maximum absolute atomic E-state index is 13.8. The van der Waals surface area contributed by atoms with Gasteiger partial charge in [-0.05, 0) is 50.9 Å². The molecular formula is C19H26ClF2N3O. The van der Waals surface area contributed by atoms with Crippen molar-refractivity contribution in [3.8, 4) is 5.88 Å². The maximum Gasteiger partial charge on any atom is 0.212 e. The van der Waals surface area contributed by atoms with Crippen molar-refractivity contribution in [1.82, 2.24) is 15.1 Å². The van der Waals surface area contributed by atoms with Crippen LogP contribution >= 0.6 is 12.4 Å². The molecule has 0 saturated heterocycles. The number of hydrogen-bond acceptors (Lipinski definition) is 3. The van der Waals surface area contributed by atoms with Crippen LogP contribution in [0.5, 0.6) is 5.88 Å². The van der Waals surface area contributed by atoms with E-state index in [1.54, 1.807) is 0 Å². The molecule has 1 aromatic heterocycles. The number of nitrogens with one attached hydrogen (secondary N) is 1. The molecule has 7 heteroatoms. The van der Waals surface area contributed by atoms with Gasteiger partial charge in [0.2, 0.25) is 5.88 Å². The van der Waals surface area contributed by atoms with Gasteiger partial charge in [0.25, 0.3) is 0 Å². The first-order valence-electron chi connectivity index (χ1n) is 8.88. The average Bonchev–Trinajstić information content (AvgIpc) is 3.25. The number of hydrogen-bond donors (Lipinski definition) is 1. The standard InChI is InChI=1S/C19H25F2N3O.ClH/c1-13(14-5-3-4-6-14)24-19(10-17(23-24)11-22-2)25-12-15-9-16(20)7-8-18(15)21;/h7-10,13-14,22H,3-6,11-12H2,1-2H3;1H. The highest BCUT2D eigenvalue weighted by Gasteiger charge is 2.26. The minimum atomic E-state index is -0.469. The van der Waals surface area contributed by atoms with E-state index in [0.29, 0.717) is 18.3 Å². The molecule has 1 N–H and O–H groups in total. The van der Waals surface area contributed by atoms with Crippen LogP contribution in [0.4, 0.5) is 8.78 Å². The zero-order valence-electron chi connectivity index (χ0n) is 15.2. The second-order valence-corrected chi connectivity index (χ2v) is 6.76. The molecule has 0 amide bonds. The first-order chi connectivity index (χ1) is 12.1. The van der Waals surface area contributed by atoms with Crippen LogP contribution in [-0.2, 0) is 13.2 Å². The molecule has 0 spiro atoms. The van der Waals surface area contributed by atoms with Crippen LogP contribution in [0.2, 0.25) is 0 Å². The summed E-state index contributed by atoms with van der Waals surface area (Å²) in [4.78, 5) is 0. The zero-order valence-corrected chi connectivity index (χ0v) is 16.0. The highest BCUT2D eigenvalue weighted by atomic mass is 35.5. The van der Waals surface area contributed by atoms with Gasteiger partial charge in [-0.15, -0.1) is 12.4 Å². The molecule has 1 saturated carbocycles. The fourth-order valence-electron chi connectivity index (χ4n) is 3.54. The van der Waals surface area contributed by atoms with Crippen molar-refractivity contribution in [1.29, 1.82) is 0 Å². The lowest BCUT2D eigenvalue weighted by Gasteiger charge is -2.21. The van der Waals surface area contributed by atoms with E-state index in [1.807, 2.05) is 17.8 Å². The predicted octanol–water partition coefficient (Wildman–Crippen LogP) is 4.63. The van der Waals surface area contributed by atoms with Gasteiger partial charge in [-0.1, -0.05) is 12.8 Å². The number of aromatic nitrogens is 2. The van der Waals surface area contributed by atoms with Crippen molar-refractivity contribution >= 4 is 12.4 Å². The molecule has 4 nitrogen and oxygen atoms in total. The Morgan fingerprint density at radius 1 is 1.27 bits per heavy atom. The van der Waals surface area contributed by atoms with Gasteiger partial charge in [0, 0.05) is 18.2 Å². The largest absolute Gasteiger partial charge is 0.473 e. The minimum Gasteiger partial charge on any atom is -0.473 e. The van der Waals surface area contributed by atoms with Crippen LogP contribution in [0, 0.1) is 17.6 Å².